The summed E-state index contributed by atoms with van der Waals surface area (Å²) in [6, 6.07) is 34.0. The first-order valence-corrected chi connectivity index (χ1v) is 24.2. The van der Waals surface area contributed by atoms with Gasteiger partial charge in [0.1, 0.15) is 17.1 Å². The van der Waals surface area contributed by atoms with Gasteiger partial charge in [-0.2, -0.15) is 15.4 Å². The second-order valence-electron chi connectivity index (χ2n) is 15.6. The maximum absolute atomic E-state index is 4.52. The fourth-order valence-corrected chi connectivity index (χ4v) is 7.22. The van der Waals surface area contributed by atoms with Crippen molar-refractivity contribution < 1.29 is 0 Å². The van der Waals surface area contributed by atoms with Gasteiger partial charge in [-0.15, -0.1) is 15.3 Å². The number of nitrogens with zero attached hydrogens (tertiary/aromatic N) is 13. The Labute approximate surface area is 399 Å². The minimum atomic E-state index is 0.816. The van der Waals surface area contributed by atoms with Gasteiger partial charge in [0.15, 0.2) is 0 Å². The van der Waals surface area contributed by atoms with Gasteiger partial charge in [-0.25, -0.2) is 4.68 Å². The van der Waals surface area contributed by atoms with E-state index in [0.717, 1.165) is 79.7 Å². The van der Waals surface area contributed by atoms with Crippen molar-refractivity contribution in [1.82, 2.24) is 60.4 Å². The highest BCUT2D eigenvalue weighted by atomic mass is 15.4. The second kappa shape index (κ2) is 28.8. The van der Waals surface area contributed by atoms with E-state index >= 15 is 0 Å². The first kappa shape index (κ1) is 52.7. The molecule has 0 aliphatic carbocycles. The molecule has 0 bridgehead atoms. The summed E-state index contributed by atoms with van der Waals surface area (Å²) < 4.78 is 5.53. The van der Waals surface area contributed by atoms with Crippen LogP contribution in [0.4, 0.5) is 11.4 Å². The van der Waals surface area contributed by atoms with Crippen LogP contribution in [0.2, 0.25) is 0 Å². The Bertz CT molecular complexity index is 2500. The zero-order valence-corrected chi connectivity index (χ0v) is 41.9. The SMILES string of the molecule is CCC.CCC.CCC.CCN1Cc2ccccc2-c2c(nnn2CC)-c2ccccc21.CCN1Cc2ccccc2-c2n[nH]nc2-c2ccccc21.CCn1ccnn1.CCn1ccnn1. The van der Waals surface area contributed by atoms with Crippen molar-refractivity contribution in [2.24, 2.45) is 0 Å². The van der Waals surface area contributed by atoms with Crippen LogP contribution in [-0.4, -0.2) is 73.5 Å². The van der Waals surface area contributed by atoms with Crippen LogP contribution in [0.15, 0.2) is 122 Å². The summed E-state index contributed by atoms with van der Waals surface area (Å²) in [5.74, 6) is 0. The summed E-state index contributed by atoms with van der Waals surface area (Å²) in [6.07, 6.45) is 10.8. The van der Waals surface area contributed by atoms with E-state index < -0.39 is 0 Å². The third-order valence-electron chi connectivity index (χ3n) is 10.2. The van der Waals surface area contributed by atoms with E-state index in [1.54, 1.807) is 21.8 Å². The number of nitrogens with one attached hydrogen (secondary N) is 1. The number of aromatic amines is 1. The van der Waals surface area contributed by atoms with E-state index in [1.165, 1.54) is 52.9 Å². The molecule has 2 aliphatic heterocycles. The average Bonchev–Trinajstić information content (AvgIpc) is 4.22. The molecule has 4 aromatic carbocycles. The highest BCUT2D eigenvalue weighted by Gasteiger charge is 2.26. The van der Waals surface area contributed by atoms with Crippen molar-refractivity contribution in [3.8, 4) is 45.0 Å². The highest BCUT2D eigenvalue weighted by molar-refractivity contribution is 5.89. The number of benzene rings is 4. The Morgan fingerprint density at radius 2 is 0.836 bits per heavy atom. The quantitative estimate of drug-likeness (QED) is 0.177. The highest BCUT2D eigenvalue weighted by Crippen LogP contribution is 2.41. The van der Waals surface area contributed by atoms with E-state index in [2.05, 4.69) is 216 Å². The van der Waals surface area contributed by atoms with Crippen LogP contribution < -0.4 is 9.80 Å². The fraction of sp³-hybridized carbons (Fsp3) is 0.396. The molecule has 0 fully saturated rings. The topological polar surface area (TPSA) is 140 Å². The van der Waals surface area contributed by atoms with Gasteiger partial charge in [-0.1, -0.05) is 161 Å². The molecule has 0 amide bonds. The van der Waals surface area contributed by atoms with Gasteiger partial charge in [-0.05, 0) is 57.9 Å². The van der Waals surface area contributed by atoms with Gasteiger partial charge >= 0.3 is 0 Å². The first-order valence-electron chi connectivity index (χ1n) is 24.2. The lowest BCUT2D eigenvalue weighted by molar-refractivity contribution is 0.627. The van der Waals surface area contributed by atoms with Gasteiger partial charge in [0, 0.05) is 91.8 Å². The third kappa shape index (κ3) is 14.3. The van der Waals surface area contributed by atoms with Crippen LogP contribution in [0, 0.1) is 0 Å². The molecule has 0 radical (unpaired) electrons. The molecular formula is C53H74N14. The second-order valence-corrected chi connectivity index (χ2v) is 15.6. The summed E-state index contributed by atoms with van der Waals surface area (Å²) in [5, 5.41) is 35.1. The standard InChI is InChI=1S/C19H20N4.C17H16N4.2C4H7N3.3C3H8/c1-3-22-13-14-9-5-6-10-15(14)19-18(20-21-23(19)4-2)16-11-7-8-12-17(16)22;1-2-21-11-12-7-3-4-8-13(12)16-17(19-20-18-16)14-9-5-6-10-15(14)21;2*1-2-7-4-3-5-6-7;3*1-3-2/h5-12H,3-4,13H2,1-2H3;3-10H,2,11H2,1H3,(H,18,19,20);2*3-4H,2H2,1H3;3*3H2,1-2H3. The number of rotatable bonds is 5. The van der Waals surface area contributed by atoms with Gasteiger partial charge in [0.05, 0.1) is 18.1 Å². The predicted octanol–water partition coefficient (Wildman–Crippen LogP) is 12.3. The lowest BCUT2D eigenvalue weighted by Crippen LogP contribution is -2.24. The molecule has 4 aromatic heterocycles. The van der Waals surface area contributed by atoms with Gasteiger partial charge in [0.25, 0.3) is 0 Å². The summed E-state index contributed by atoms with van der Waals surface area (Å²) in [4.78, 5) is 4.79. The molecule has 0 atom stereocenters. The van der Waals surface area contributed by atoms with Crippen molar-refractivity contribution in [2.45, 2.75) is 128 Å². The number of para-hydroxylation sites is 2. The van der Waals surface area contributed by atoms with Crippen LogP contribution in [0.25, 0.3) is 45.0 Å². The summed E-state index contributed by atoms with van der Waals surface area (Å²) in [7, 11) is 0. The molecule has 10 rings (SSSR count). The van der Waals surface area contributed by atoms with Crippen LogP contribution >= 0.6 is 0 Å². The number of aryl methyl sites for hydroxylation is 3. The number of fused-ring (bicyclic) bond motifs is 10. The number of H-pyrrole nitrogens is 1. The Balaban J connectivity index is 0.000000202. The summed E-state index contributed by atoms with van der Waals surface area (Å²) in [6.45, 7) is 29.6. The molecule has 356 valence electrons. The average molecular weight is 907 g/mol. The molecule has 0 saturated heterocycles. The molecule has 2 aliphatic rings. The molecule has 14 heteroatoms. The first-order chi connectivity index (χ1) is 32.8. The third-order valence-corrected chi connectivity index (χ3v) is 10.2. The predicted molar refractivity (Wildman–Crippen MR) is 277 cm³/mol. The number of aromatic nitrogens is 12. The summed E-state index contributed by atoms with van der Waals surface area (Å²) in [5.41, 5.74) is 13.7. The minimum Gasteiger partial charge on any atom is -0.367 e. The zero-order chi connectivity index (χ0) is 48.4. The van der Waals surface area contributed by atoms with Crippen molar-refractivity contribution in [1.29, 1.82) is 0 Å². The normalized spacial score (nSPS) is 11.2. The van der Waals surface area contributed by atoms with Gasteiger partial charge in [0.2, 0.25) is 0 Å². The van der Waals surface area contributed by atoms with Crippen LogP contribution in [-0.2, 0) is 32.7 Å². The van der Waals surface area contributed by atoms with E-state index in [9.17, 15) is 0 Å². The zero-order valence-electron chi connectivity index (χ0n) is 41.9. The number of hydrogen-bond donors (Lipinski definition) is 1. The molecule has 0 unspecified atom stereocenters. The molecule has 1 N–H and O–H groups in total. The largest absolute Gasteiger partial charge is 0.367 e. The molecule has 6 heterocycles. The molecule has 14 nitrogen and oxygen atoms in total. The maximum atomic E-state index is 4.52. The van der Waals surface area contributed by atoms with E-state index in [4.69, 9.17) is 0 Å². The Kier molecular flexibility index (Phi) is 22.7. The van der Waals surface area contributed by atoms with E-state index in [0.29, 0.717) is 0 Å². The number of anilines is 2. The summed E-state index contributed by atoms with van der Waals surface area (Å²) >= 11 is 0. The minimum absolute atomic E-state index is 0.816. The smallest absolute Gasteiger partial charge is 0.123 e. The lowest BCUT2D eigenvalue weighted by Gasteiger charge is -2.29. The van der Waals surface area contributed by atoms with Crippen LogP contribution in [0.1, 0.15) is 107 Å². The van der Waals surface area contributed by atoms with Gasteiger partial charge in [-0.3, -0.25) is 9.36 Å². The van der Waals surface area contributed by atoms with Crippen molar-refractivity contribution in [3.05, 3.63) is 133 Å². The van der Waals surface area contributed by atoms with E-state index in [-0.39, 0.29) is 0 Å². The fourth-order valence-electron chi connectivity index (χ4n) is 7.22. The van der Waals surface area contributed by atoms with Gasteiger partial charge < -0.3 is 9.80 Å². The Morgan fingerprint density at radius 1 is 0.433 bits per heavy atom. The van der Waals surface area contributed by atoms with Crippen molar-refractivity contribution in [2.75, 3.05) is 22.9 Å². The molecule has 0 saturated carbocycles. The molecule has 0 spiro atoms. The monoisotopic (exact) mass is 907 g/mol. The Hall–Kier alpha value is -6.96. The maximum Gasteiger partial charge on any atom is 0.123 e. The lowest BCUT2D eigenvalue weighted by atomic mass is 9.95. The molecule has 67 heavy (non-hydrogen) atoms. The van der Waals surface area contributed by atoms with Crippen molar-refractivity contribution in [3.63, 3.8) is 0 Å². The van der Waals surface area contributed by atoms with Crippen LogP contribution in [0.5, 0.6) is 0 Å². The molecule has 8 aromatic rings. The number of hydrogen-bond acceptors (Lipinski definition) is 10. The van der Waals surface area contributed by atoms with Crippen LogP contribution in [0.3, 0.4) is 0 Å². The molecular weight excluding hydrogens is 833 g/mol. The van der Waals surface area contributed by atoms with Crippen molar-refractivity contribution >= 4 is 11.4 Å². The Morgan fingerprint density at radius 3 is 1.25 bits per heavy atom. The van der Waals surface area contributed by atoms with E-state index in [1.807, 2.05) is 30.9 Å².